The zero-order chi connectivity index (χ0) is 28.5. The molecule has 0 fully saturated rings. The number of rotatable bonds is 9. The van der Waals surface area contributed by atoms with E-state index in [1.807, 2.05) is 0 Å². The Kier molecular flexibility index (Phi) is 7.06. The minimum absolute atomic E-state index is 0.0323. The number of aromatic hydroxyl groups is 1. The first-order valence-electron chi connectivity index (χ1n) is 11.4. The number of carbonyl (C=O) groups excluding carboxylic acids is 1. The van der Waals surface area contributed by atoms with Gasteiger partial charge in [-0.1, -0.05) is 18.2 Å². The summed E-state index contributed by atoms with van der Waals surface area (Å²) >= 11 is 0. The number of aliphatic hydroxyl groups is 1. The highest BCUT2D eigenvalue weighted by Gasteiger charge is 2.40. The fraction of sp³-hybridized carbons (Fsp3) is 0.148. The molecule has 2 aliphatic rings. The van der Waals surface area contributed by atoms with Gasteiger partial charge in [0, 0.05) is 22.6 Å². The van der Waals surface area contributed by atoms with Crippen molar-refractivity contribution in [2.75, 3.05) is 0 Å². The lowest BCUT2D eigenvalue weighted by Gasteiger charge is -2.21. The highest BCUT2D eigenvalue weighted by atomic mass is 16.4. The zero-order valence-corrected chi connectivity index (χ0v) is 20.0. The summed E-state index contributed by atoms with van der Waals surface area (Å²) in [7, 11) is 0. The van der Waals surface area contributed by atoms with E-state index in [2.05, 4.69) is 5.32 Å². The van der Waals surface area contributed by atoms with Crippen molar-refractivity contribution in [3.05, 3.63) is 75.9 Å². The van der Waals surface area contributed by atoms with Crippen molar-refractivity contribution >= 4 is 34.8 Å². The van der Waals surface area contributed by atoms with Crippen molar-refractivity contribution < 1.29 is 49.1 Å². The molecule has 0 saturated heterocycles. The second kappa shape index (κ2) is 10.3. The molecule has 2 aromatic rings. The molecule has 6 N–H and O–H groups in total. The summed E-state index contributed by atoms with van der Waals surface area (Å²) in [5.41, 5.74) is -2.46. The second-order valence-corrected chi connectivity index (χ2v) is 8.79. The molecular weight excluding hydrogens is 514 g/mol. The Hall–Kier alpha value is -5.23. The maximum Gasteiger partial charge on any atom is 0.336 e. The van der Waals surface area contributed by atoms with Gasteiger partial charge in [-0.25, -0.2) is 9.59 Å². The molecule has 1 aliphatic carbocycles. The van der Waals surface area contributed by atoms with E-state index >= 15 is 0 Å². The van der Waals surface area contributed by atoms with Crippen molar-refractivity contribution in [2.45, 2.75) is 25.0 Å². The number of carbonyl (C=O) groups is 4. The molecule has 39 heavy (non-hydrogen) atoms. The van der Waals surface area contributed by atoms with Gasteiger partial charge in [-0.2, -0.15) is 0 Å². The summed E-state index contributed by atoms with van der Waals surface area (Å²) in [6.45, 7) is -0.494. The van der Waals surface area contributed by atoms with Gasteiger partial charge in [0.25, 0.3) is 0 Å². The lowest BCUT2D eigenvalue weighted by atomic mass is 9.89. The Morgan fingerprint density at radius 1 is 0.897 bits per heavy atom. The molecule has 12 heteroatoms. The summed E-state index contributed by atoms with van der Waals surface area (Å²) in [5, 5.41) is 50.8. The van der Waals surface area contributed by atoms with Crippen LogP contribution in [0.25, 0.3) is 33.4 Å². The number of carboxylic acid groups (broad SMARTS) is 3. The van der Waals surface area contributed by atoms with Crippen molar-refractivity contribution in [3.63, 3.8) is 0 Å². The first kappa shape index (κ1) is 26.8. The Bertz CT molecular complexity index is 1670. The molecule has 0 bridgehead atoms. The Morgan fingerprint density at radius 3 is 2.28 bits per heavy atom. The summed E-state index contributed by atoms with van der Waals surface area (Å²) in [6, 6.07) is 13.0. The van der Waals surface area contributed by atoms with Crippen LogP contribution in [-0.2, 0) is 20.9 Å². The van der Waals surface area contributed by atoms with E-state index in [1.54, 1.807) is 18.2 Å². The number of nitrogens with one attached hydrogen (secondary N) is 1. The standard InChI is InChI=1S/C27H21NO11/c29-13-5-6-16-20(9-13)39-24-17(23(16)14-3-1-2-4-15(14)25(34)35)7-8-19(30)18(24)12-28-21(31)10-27(38,26(36)37)11-22(32)33/h1-9,29,38H,10-12H2,(H,28,31)(H,32,33)(H,34,35)(H,36,37). The second-order valence-electron chi connectivity index (χ2n) is 8.79. The topological polar surface area (TPSA) is 212 Å². The van der Waals surface area contributed by atoms with Crippen molar-refractivity contribution in [2.24, 2.45) is 0 Å². The van der Waals surface area contributed by atoms with E-state index in [0.29, 0.717) is 22.1 Å². The molecule has 12 nitrogen and oxygen atoms in total. The van der Waals surface area contributed by atoms with Gasteiger partial charge in [0.15, 0.2) is 11.0 Å². The molecule has 1 heterocycles. The predicted octanol–water partition coefficient (Wildman–Crippen LogP) is 2.27. The molecule has 1 aliphatic heterocycles. The molecule has 0 saturated carbocycles. The summed E-state index contributed by atoms with van der Waals surface area (Å²) in [6.07, 6.45) is -2.33. The van der Waals surface area contributed by atoms with Gasteiger partial charge in [-0.3, -0.25) is 14.4 Å². The number of phenolic OH excluding ortho intramolecular Hbond substituents is 1. The summed E-state index contributed by atoms with van der Waals surface area (Å²) in [5.74, 6) is -5.98. The van der Waals surface area contributed by atoms with E-state index < -0.39 is 54.2 Å². The molecule has 0 aromatic heterocycles. The van der Waals surface area contributed by atoms with Crippen LogP contribution >= 0.6 is 0 Å². The fourth-order valence-corrected chi connectivity index (χ4v) is 4.30. The van der Waals surface area contributed by atoms with Crippen LogP contribution in [0, 0.1) is 0 Å². The van der Waals surface area contributed by atoms with Gasteiger partial charge in [0.05, 0.1) is 30.5 Å². The molecule has 4 rings (SSSR count). The third kappa shape index (κ3) is 5.26. The maximum atomic E-state index is 12.8. The van der Waals surface area contributed by atoms with Crippen LogP contribution in [0.15, 0.2) is 63.8 Å². The molecule has 200 valence electrons. The third-order valence-electron chi connectivity index (χ3n) is 6.12. The first-order chi connectivity index (χ1) is 18.4. The number of phenols is 1. The summed E-state index contributed by atoms with van der Waals surface area (Å²) < 4.78 is 5.95. The Labute approximate surface area is 218 Å². The monoisotopic (exact) mass is 535 g/mol. The van der Waals surface area contributed by atoms with Crippen molar-refractivity contribution in [1.29, 1.82) is 0 Å². The lowest BCUT2D eigenvalue weighted by molar-refractivity contribution is -0.167. The van der Waals surface area contributed by atoms with Gasteiger partial charge >= 0.3 is 17.9 Å². The molecule has 2 aromatic carbocycles. The van der Waals surface area contributed by atoms with E-state index in [0.717, 1.165) is 0 Å². The van der Waals surface area contributed by atoms with Crippen LogP contribution in [0.2, 0.25) is 0 Å². The first-order valence-corrected chi connectivity index (χ1v) is 11.4. The maximum absolute atomic E-state index is 12.8. The minimum Gasteiger partial charge on any atom is -0.508 e. The SMILES string of the molecule is O=C(O)CC(O)(CC(=O)NCc1c2oc3cc(O)ccc3c(-c3ccccc3C(=O)O)c-2ccc1=O)C(=O)O. The molecule has 1 unspecified atom stereocenters. The number of carboxylic acids is 3. The average molecular weight is 535 g/mol. The Morgan fingerprint density at radius 2 is 1.62 bits per heavy atom. The van der Waals surface area contributed by atoms with Gasteiger partial charge < -0.3 is 35.3 Å². The molecule has 1 amide bonds. The number of amides is 1. The predicted molar refractivity (Wildman–Crippen MR) is 134 cm³/mol. The zero-order valence-electron chi connectivity index (χ0n) is 20.0. The highest BCUT2D eigenvalue weighted by molar-refractivity contribution is 6.07. The third-order valence-corrected chi connectivity index (χ3v) is 6.12. The van der Waals surface area contributed by atoms with Crippen LogP contribution in [0.1, 0.15) is 28.8 Å². The van der Waals surface area contributed by atoms with Crippen molar-refractivity contribution in [1.82, 2.24) is 5.32 Å². The quantitative estimate of drug-likeness (QED) is 0.171. The average Bonchev–Trinajstić information content (AvgIpc) is 2.86. The minimum atomic E-state index is -2.87. The van der Waals surface area contributed by atoms with E-state index in [9.17, 15) is 44.4 Å². The van der Waals surface area contributed by atoms with E-state index in [4.69, 9.17) is 9.52 Å². The smallest absolute Gasteiger partial charge is 0.336 e. The number of aliphatic carboxylic acids is 2. The van der Waals surface area contributed by atoms with Crippen LogP contribution in [0.3, 0.4) is 0 Å². The molecule has 0 spiro atoms. The Balaban J connectivity index is 1.82. The molecular formula is C27H21NO11. The molecule has 1 atom stereocenters. The van der Waals surface area contributed by atoms with Gasteiger partial charge in [0.1, 0.15) is 17.1 Å². The van der Waals surface area contributed by atoms with Crippen molar-refractivity contribution in [3.8, 4) is 28.2 Å². The van der Waals surface area contributed by atoms with Gasteiger partial charge in [-0.05, 0) is 35.9 Å². The van der Waals surface area contributed by atoms with Gasteiger partial charge in [-0.15, -0.1) is 0 Å². The molecule has 0 radical (unpaired) electrons. The lowest BCUT2D eigenvalue weighted by Crippen LogP contribution is -2.45. The van der Waals surface area contributed by atoms with E-state index in [-0.39, 0.29) is 28.2 Å². The number of aromatic carboxylic acids is 1. The van der Waals surface area contributed by atoms with Crippen LogP contribution < -0.4 is 10.7 Å². The fourth-order valence-electron chi connectivity index (χ4n) is 4.30. The normalized spacial score (nSPS) is 12.6. The van der Waals surface area contributed by atoms with Crippen LogP contribution in [-0.4, -0.2) is 54.9 Å². The van der Waals surface area contributed by atoms with Crippen LogP contribution in [0.5, 0.6) is 5.75 Å². The number of hydrogen-bond acceptors (Lipinski definition) is 8. The van der Waals surface area contributed by atoms with Gasteiger partial charge in [0.2, 0.25) is 5.91 Å². The largest absolute Gasteiger partial charge is 0.508 e. The summed E-state index contributed by atoms with van der Waals surface area (Å²) in [4.78, 5) is 59.6. The number of benzene rings is 3. The highest BCUT2D eigenvalue weighted by Crippen LogP contribution is 2.43. The van der Waals surface area contributed by atoms with E-state index in [1.165, 1.54) is 36.4 Å². The number of hydrogen-bond donors (Lipinski definition) is 6. The number of fused-ring (bicyclic) bond motifs is 2. The van der Waals surface area contributed by atoms with Crippen LogP contribution in [0.4, 0.5) is 0 Å².